The number of methoxy groups -OCH3 is 1. The molecule has 0 heterocycles. The van der Waals surface area contributed by atoms with Gasteiger partial charge < -0.3 is 13.1 Å². The Bertz CT molecular complexity index is 670. The molecule has 0 aromatic heterocycles. The van der Waals surface area contributed by atoms with E-state index in [4.69, 9.17) is 13.1 Å². The van der Waals surface area contributed by atoms with Crippen LogP contribution in [-0.2, 0) is 17.9 Å². The number of carbonyl (C=O) groups excluding carboxylic acids is 1. The van der Waals surface area contributed by atoms with E-state index in [0.29, 0.717) is 35.4 Å². The first kappa shape index (κ1) is 26.6. The molecule has 4 aliphatic rings. The Balaban J connectivity index is 1.50. The number of ether oxygens (including phenoxy) is 1. The van der Waals surface area contributed by atoms with Crippen molar-refractivity contribution in [1.29, 1.82) is 0 Å². The van der Waals surface area contributed by atoms with Crippen LogP contribution >= 0.6 is 60.8 Å². The highest BCUT2D eigenvalue weighted by Crippen LogP contribution is 2.68. The second-order valence-corrected chi connectivity index (χ2v) is 14.1. The van der Waals surface area contributed by atoms with E-state index in [1.807, 2.05) is 0 Å². The lowest BCUT2D eigenvalue weighted by Crippen LogP contribution is -2.58. The molecule has 0 spiro atoms. The molecule has 4 rings (SSSR count). The molecule has 4 nitrogen and oxygen atoms in total. The minimum absolute atomic E-state index is 0.0588. The molecule has 0 unspecified atom stereocenters. The summed E-state index contributed by atoms with van der Waals surface area (Å²) in [4.78, 5) is 11.6. The maximum atomic E-state index is 11.6. The summed E-state index contributed by atoms with van der Waals surface area (Å²) in [5, 5.41) is 0. The van der Waals surface area contributed by atoms with Gasteiger partial charge in [-0.15, -0.1) is 0 Å². The smallest absolute Gasteiger partial charge is 0.305 e. The van der Waals surface area contributed by atoms with Crippen molar-refractivity contribution in [1.82, 2.24) is 0 Å². The van der Waals surface area contributed by atoms with Gasteiger partial charge >= 0.3 is 5.97 Å². The van der Waals surface area contributed by atoms with Gasteiger partial charge in [-0.1, -0.05) is 13.8 Å². The van der Waals surface area contributed by atoms with Gasteiger partial charge in [0.05, 0.1) is 37.7 Å². The van der Waals surface area contributed by atoms with Crippen LogP contribution in [0.3, 0.4) is 0 Å². The van der Waals surface area contributed by atoms with Crippen LogP contribution in [0.25, 0.3) is 0 Å². The van der Waals surface area contributed by atoms with Crippen molar-refractivity contribution in [2.24, 2.45) is 40.4 Å². The van der Waals surface area contributed by atoms with E-state index in [0.717, 1.165) is 36.5 Å². The number of halogens is 2. The lowest BCUT2D eigenvalue weighted by molar-refractivity contribution is -0.158. The minimum Gasteiger partial charge on any atom is -0.469 e. The molecule has 8 heteroatoms. The summed E-state index contributed by atoms with van der Waals surface area (Å²) in [6.07, 6.45) is 13.7. The molecule has 184 valence electrons. The lowest BCUT2D eigenvalue weighted by atomic mass is 9.44. The van der Waals surface area contributed by atoms with Crippen LogP contribution in [0.15, 0.2) is 0 Å². The van der Waals surface area contributed by atoms with E-state index >= 15 is 0 Å². The van der Waals surface area contributed by atoms with Gasteiger partial charge in [-0.2, -0.15) is 0 Å². The second kappa shape index (κ2) is 11.3. The van der Waals surface area contributed by atoms with Crippen molar-refractivity contribution < 1.29 is 17.9 Å². The van der Waals surface area contributed by atoms with E-state index in [1.165, 1.54) is 76.9 Å². The van der Waals surface area contributed by atoms with Crippen molar-refractivity contribution in [3.63, 3.8) is 0 Å². The van der Waals surface area contributed by atoms with Crippen LogP contribution in [0.4, 0.5) is 0 Å². The Morgan fingerprint density at radius 2 is 1.66 bits per heavy atom. The topological polar surface area (TPSA) is 44.8 Å². The maximum Gasteiger partial charge on any atom is 0.305 e. The zero-order valence-corrected chi connectivity index (χ0v) is 25.5. The van der Waals surface area contributed by atoms with Gasteiger partial charge in [-0.05, 0) is 105 Å². The Morgan fingerprint density at radius 3 is 2.38 bits per heavy atom. The molecule has 9 atom stereocenters. The first-order valence-electron chi connectivity index (χ1n) is 12.3. The predicted octanol–water partition coefficient (Wildman–Crippen LogP) is 8.37. The maximum absolute atomic E-state index is 11.6. The molecule has 32 heavy (non-hydrogen) atoms. The molecule has 0 radical (unpaired) electrons. The molecule has 0 N–H and O–H groups in total. The molecular formula is C24H38I2O4S2. The van der Waals surface area contributed by atoms with Gasteiger partial charge in [0.15, 0.2) is 0 Å². The number of hydrogen-bond acceptors (Lipinski definition) is 6. The molecule has 0 aliphatic heterocycles. The van der Waals surface area contributed by atoms with Crippen LogP contribution in [0.1, 0.15) is 84.5 Å². The van der Waals surface area contributed by atoms with Crippen molar-refractivity contribution in [3.8, 4) is 0 Å². The fraction of sp³-hybridized carbons (Fsp3) is 0.958. The number of hydrogen-bond donors (Lipinski definition) is 0. The van der Waals surface area contributed by atoms with E-state index in [9.17, 15) is 4.79 Å². The molecule has 0 bridgehead atoms. The molecule has 0 saturated heterocycles. The van der Waals surface area contributed by atoms with Crippen molar-refractivity contribution >= 4 is 66.8 Å². The zero-order chi connectivity index (χ0) is 22.9. The van der Waals surface area contributed by atoms with Gasteiger partial charge in [0.25, 0.3) is 0 Å². The third kappa shape index (κ3) is 5.02. The number of fused-ring (bicyclic) bond motifs is 5. The molecule has 0 aromatic carbocycles. The highest BCUT2D eigenvalue weighted by atomic mass is 127. The second-order valence-electron chi connectivity index (χ2n) is 11.3. The summed E-state index contributed by atoms with van der Waals surface area (Å²) in [5.41, 5.74) is 0.806. The Morgan fingerprint density at radius 1 is 0.938 bits per heavy atom. The van der Waals surface area contributed by atoms with Gasteiger partial charge in [0, 0.05) is 48.8 Å². The van der Waals surface area contributed by atoms with E-state index in [-0.39, 0.29) is 5.97 Å². The van der Waals surface area contributed by atoms with Crippen LogP contribution in [0, 0.1) is 40.4 Å². The highest BCUT2D eigenvalue weighted by molar-refractivity contribution is 14.2. The van der Waals surface area contributed by atoms with E-state index in [2.05, 4.69) is 56.3 Å². The zero-order valence-electron chi connectivity index (χ0n) is 19.5. The van der Waals surface area contributed by atoms with E-state index in [1.54, 1.807) is 0 Å². The SMILES string of the molecule is COC(=O)CCC[C@H]1CC[C@H]2[C@@H]3C[C@H](OSI)[C@@H]4C[C@H](OSI)CC[C@]4(C)[C@H]3CC[C@]12C. The fourth-order valence-electron chi connectivity index (χ4n) is 8.70. The van der Waals surface area contributed by atoms with Gasteiger partial charge in [0.1, 0.15) is 0 Å². The van der Waals surface area contributed by atoms with Crippen molar-refractivity contribution in [2.45, 2.75) is 96.7 Å². The Labute approximate surface area is 227 Å². The quantitative estimate of drug-likeness (QED) is 0.144. The van der Waals surface area contributed by atoms with Crippen LogP contribution < -0.4 is 0 Å². The largest absolute Gasteiger partial charge is 0.469 e. The van der Waals surface area contributed by atoms with Crippen molar-refractivity contribution in [2.75, 3.05) is 7.11 Å². The van der Waals surface area contributed by atoms with Gasteiger partial charge in [0.2, 0.25) is 0 Å². The fourth-order valence-corrected chi connectivity index (χ4v) is 11.0. The molecular weight excluding hydrogens is 670 g/mol. The summed E-state index contributed by atoms with van der Waals surface area (Å²) < 4.78 is 17.3. The normalized spacial score (nSPS) is 45.6. The summed E-state index contributed by atoms with van der Waals surface area (Å²) in [5.74, 6) is 3.72. The Hall–Kier alpha value is 1.55. The molecule has 0 amide bonds. The summed E-state index contributed by atoms with van der Waals surface area (Å²) >= 11 is 4.57. The number of rotatable bonds is 8. The molecule has 4 fully saturated rings. The Kier molecular flexibility index (Phi) is 9.40. The monoisotopic (exact) mass is 708 g/mol. The highest BCUT2D eigenvalue weighted by Gasteiger charge is 2.62. The van der Waals surface area contributed by atoms with Gasteiger partial charge in [-0.3, -0.25) is 4.79 Å². The molecule has 4 saturated carbocycles. The van der Waals surface area contributed by atoms with Crippen LogP contribution in [0.2, 0.25) is 0 Å². The van der Waals surface area contributed by atoms with Crippen LogP contribution in [-0.4, -0.2) is 25.3 Å². The van der Waals surface area contributed by atoms with E-state index < -0.39 is 0 Å². The van der Waals surface area contributed by atoms with Gasteiger partial charge in [-0.25, -0.2) is 0 Å². The predicted molar refractivity (Wildman–Crippen MR) is 149 cm³/mol. The molecule has 0 aromatic rings. The average molecular weight is 709 g/mol. The first-order valence-corrected chi connectivity index (χ1v) is 18.9. The van der Waals surface area contributed by atoms with Crippen molar-refractivity contribution in [3.05, 3.63) is 0 Å². The summed E-state index contributed by atoms with van der Waals surface area (Å²) in [7, 11) is 4.54. The number of esters is 1. The third-order valence-corrected chi connectivity index (χ3v) is 12.2. The average Bonchev–Trinajstić information content (AvgIpc) is 3.11. The van der Waals surface area contributed by atoms with Crippen LogP contribution in [0.5, 0.6) is 0 Å². The number of carbonyl (C=O) groups is 1. The third-order valence-electron chi connectivity index (χ3n) is 10.3. The summed E-state index contributed by atoms with van der Waals surface area (Å²) in [6.45, 7) is 5.19. The first-order chi connectivity index (χ1) is 15.4. The molecule has 4 aliphatic carbocycles. The standard InChI is InChI=1S/C24H38I2O4S2/c1-23-12-10-19-17(18(23)8-7-15(23)5-4-6-22(27)28-3)14-21(30-32-26)20-13-16(29-31-25)9-11-24(19,20)2/h15-21H,4-14H2,1-3H3/t15-,16+,17-,18-,19-,20-,21-,23+,24+/m0/s1. The minimum atomic E-state index is -0.0588. The summed E-state index contributed by atoms with van der Waals surface area (Å²) in [6, 6.07) is 0. The lowest BCUT2D eigenvalue weighted by Gasteiger charge is -2.62.